The van der Waals surface area contributed by atoms with Crippen molar-refractivity contribution in [1.29, 1.82) is 0 Å². The number of nitrogens with one attached hydrogen (secondary N) is 1. The number of carbonyl (C=O) groups is 2. The maximum Gasteiger partial charge on any atom is 0.295 e. The molecule has 0 fully saturated rings. The fourth-order valence-corrected chi connectivity index (χ4v) is 2.69. The van der Waals surface area contributed by atoms with Crippen LogP contribution in [0.1, 0.15) is 20.7 Å². The maximum absolute atomic E-state index is 13.1. The van der Waals surface area contributed by atoms with E-state index >= 15 is 0 Å². The van der Waals surface area contributed by atoms with Crippen LogP contribution < -0.4 is 5.32 Å². The highest BCUT2D eigenvalue weighted by Gasteiger charge is 2.34. The van der Waals surface area contributed by atoms with Crippen molar-refractivity contribution in [2.75, 3.05) is 18.4 Å². The number of amides is 2. The lowest BCUT2D eigenvalue weighted by molar-refractivity contribution is 0.0660. The number of halogens is 1. The fourth-order valence-electron chi connectivity index (χ4n) is 2.69. The van der Waals surface area contributed by atoms with Crippen molar-refractivity contribution in [3.8, 4) is 0 Å². The van der Waals surface area contributed by atoms with Crippen LogP contribution in [0.25, 0.3) is 11.1 Å². The number of oxazole rings is 1. The van der Waals surface area contributed by atoms with Gasteiger partial charge in [-0.25, -0.2) is 4.39 Å². The minimum atomic E-state index is -0.395. The molecule has 0 saturated carbocycles. The van der Waals surface area contributed by atoms with Gasteiger partial charge in [0.15, 0.2) is 5.58 Å². The van der Waals surface area contributed by atoms with E-state index in [0.717, 1.165) is 0 Å². The molecule has 1 aromatic heterocycles. The molecule has 1 N–H and O–H groups in total. The van der Waals surface area contributed by atoms with Gasteiger partial charge in [0, 0.05) is 19.2 Å². The summed E-state index contributed by atoms with van der Waals surface area (Å²) < 4.78 is 18.6. The van der Waals surface area contributed by atoms with Gasteiger partial charge in [0.05, 0.1) is 11.1 Å². The summed E-state index contributed by atoms with van der Waals surface area (Å²) in [7, 11) is 0. The van der Waals surface area contributed by atoms with Gasteiger partial charge in [-0.2, -0.15) is 4.98 Å². The molecule has 0 radical (unpaired) electrons. The van der Waals surface area contributed by atoms with Crippen LogP contribution in [-0.4, -0.2) is 34.8 Å². The fraction of sp³-hybridized carbons (Fsp3) is 0.118. The van der Waals surface area contributed by atoms with Crippen molar-refractivity contribution in [1.82, 2.24) is 9.88 Å². The maximum atomic E-state index is 13.1. The number of imide groups is 1. The SMILES string of the molecule is O=C1c2ccccc2C(=O)N1CCNc1nc2cc(F)ccc2o1. The molecule has 2 heterocycles. The summed E-state index contributed by atoms with van der Waals surface area (Å²) in [5, 5.41) is 2.90. The zero-order chi connectivity index (χ0) is 16.7. The molecule has 1 aliphatic heterocycles. The number of anilines is 1. The van der Waals surface area contributed by atoms with Crippen molar-refractivity contribution in [3.05, 3.63) is 59.4 Å². The zero-order valence-electron chi connectivity index (χ0n) is 12.5. The molecule has 0 aliphatic carbocycles. The summed E-state index contributed by atoms with van der Waals surface area (Å²) in [6, 6.07) is 11.0. The Labute approximate surface area is 135 Å². The Kier molecular flexibility index (Phi) is 3.26. The van der Waals surface area contributed by atoms with Crippen molar-refractivity contribution in [2.24, 2.45) is 0 Å². The smallest absolute Gasteiger partial charge is 0.295 e. The molecule has 0 bridgehead atoms. The Morgan fingerprint density at radius 3 is 2.50 bits per heavy atom. The molecule has 120 valence electrons. The molecule has 0 atom stereocenters. The van der Waals surface area contributed by atoms with Crippen LogP contribution in [0.15, 0.2) is 46.9 Å². The van der Waals surface area contributed by atoms with Gasteiger partial charge in [0.25, 0.3) is 17.8 Å². The third kappa shape index (κ3) is 2.30. The van der Waals surface area contributed by atoms with E-state index in [1.54, 1.807) is 24.3 Å². The van der Waals surface area contributed by atoms with Crippen LogP contribution in [-0.2, 0) is 0 Å². The molecule has 2 aromatic carbocycles. The number of hydrogen-bond donors (Lipinski definition) is 1. The second kappa shape index (κ2) is 5.45. The average molecular weight is 325 g/mol. The van der Waals surface area contributed by atoms with Gasteiger partial charge in [-0.15, -0.1) is 0 Å². The standard InChI is InChI=1S/C17H12FN3O3/c18-10-5-6-14-13(9-10)20-17(24-14)19-7-8-21-15(22)11-3-1-2-4-12(11)16(21)23/h1-6,9H,7-8H2,(H,19,20). The summed E-state index contributed by atoms with van der Waals surface area (Å²) in [4.78, 5) is 29.7. The highest BCUT2D eigenvalue weighted by Crippen LogP contribution is 2.22. The first kappa shape index (κ1) is 14.4. The lowest BCUT2D eigenvalue weighted by Crippen LogP contribution is -2.34. The Bertz CT molecular complexity index is 932. The number of benzene rings is 2. The van der Waals surface area contributed by atoms with E-state index < -0.39 is 5.82 Å². The summed E-state index contributed by atoms with van der Waals surface area (Å²) in [5.41, 5.74) is 1.69. The second-order valence-electron chi connectivity index (χ2n) is 5.37. The van der Waals surface area contributed by atoms with E-state index in [1.807, 2.05) is 0 Å². The molecule has 0 saturated heterocycles. The number of nitrogens with zero attached hydrogens (tertiary/aromatic N) is 2. The molecule has 24 heavy (non-hydrogen) atoms. The van der Waals surface area contributed by atoms with Gasteiger partial charge in [-0.05, 0) is 24.3 Å². The number of aromatic nitrogens is 1. The predicted octanol–water partition coefficient (Wildman–Crippen LogP) is 2.68. The average Bonchev–Trinajstić information content (AvgIpc) is 3.09. The van der Waals surface area contributed by atoms with Gasteiger partial charge < -0.3 is 9.73 Å². The summed E-state index contributed by atoms with van der Waals surface area (Å²) in [6.07, 6.45) is 0. The largest absolute Gasteiger partial charge is 0.424 e. The molecular weight excluding hydrogens is 313 g/mol. The van der Waals surface area contributed by atoms with E-state index in [9.17, 15) is 14.0 Å². The van der Waals surface area contributed by atoms with Crippen LogP contribution in [0.5, 0.6) is 0 Å². The monoisotopic (exact) mass is 325 g/mol. The van der Waals surface area contributed by atoms with Crippen molar-refractivity contribution < 1.29 is 18.4 Å². The van der Waals surface area contributed by atoms with E-state index in [1.165, 1.54) is 23.1 Å². The lowest BCUT2D eigenvalue weighted by Gasteiger charge is -2.13. The summed E-state index contributed by atoms with van der Waals surface area (Å²) in [5.74, 6) is -1.01. The Balaban J connectivity index is 1.44. The van der Waals surface area contributed by atoms with E-state index in [-0.39, 0.29) is 30.9 Å². The Morgan fingerprint density at radius 2 is 1.79 bits per heavy atom. The Morgan fingerprint density at radius 1 is 1.08 bits per heavy atom. The third-order valence-corrected chi connectivity index (χ3v) is 3.84. The first-order valence-electron chi connectivity index (χ1n) is 7.39. The van der Waals surface area contributed by atoms with Gasteiger partial charge >= 0.3 is 0 Å². The van der Waals surface area contributed by atoms with E-state index in [2.05, 4.69) is 10.3 Å². The topological polar surface area (TPSA) is 75.4 Å². The highest BCUT2D eigenvalue weighted by molar-refractivity contribution is 6.21. The van der Waals surface area contributed by atoms with E-state index in [0.29, 0.717) is 22.2 Å². The minimum absolute atomic E-state index is 0.180. The van der Waals surface area contributed by atoms with Gasteiger partial charge in [-0.3, -0.25) is 14.5 Å². The molecule has 0 spiro atoms. The van der Waals surface area contributed by atoms with Gasteiger partial charge in [0.2, 0.25) is 0 Å². The molecule has 6 nitrogen and oxygen atoms in total. The molecule has 0 unspecified atom stereocenters. The zero-order valence-corrected chi connectivity index (χ0v) is 12.5. The number of rotatable bonds is 4. The lowest BCUT2D eigenvalue weighted by atomic mass is 10.1. The number of fused-ring (bicyclic) bond motifs is 2. The predicted molar refractivity (Wildman–Crippen MR) is 84.3 cm³/mol. The van der Waals surface area contributed by atoms with Crippen LogP contribution in [0.4, 0.5) is 10.4 Å². The number of hydrogen-bond acceptors (Lipinski definition) is 5. The van der Waals surface area contributed by atoms with Crippen LogP contribution in [0.2, 0.25) is 0 Å². The molecule has 4 rings (SSSR count). The van der Waals surface area contributed by atoms with Crippen molar-refractivity contribution in [2.45, 2.75) is 0 Å². The second-order valence-corrected chi connectivity index (χ2v) is 5.37. The minimum Gasteiger partial charge on any atom is -0.424 e. The van der Waals surface area contributed by atoms with Gasteiger partial charge in [0.1, 0.15) is 11.3 Å². The van der Waals surface area contributed by atoms with Crippen LogP contribution >= 0.6 is 0 Å². The summed E-state index contributed by atoms with van der Waals surface area (Å²) in [6.45, 7) is 0.459. The molecular formula is C17H12FN3O3. The third-order valence-electron chi connectivity index (χ3n) is 3.84. The van der Waals surface area contributed by atoms with Crippen molar-refractivity contribution in [3.63, 3.8) is 0 Å². The molecule has 2 amide bonds. The van der Waals surface area contributed by atoms with Crippen LogP contribution in [0.3, 0.4) is 0 Å². The van der Waals surface area contributed by atoms with Crippen LogP contribution in [0, 0.1) is 5.82 Å². The first-order valence-corrected chi connectivity index (χ1v) is 7.39. The quantitative estimate of drug-likeness (QED) is 0.746. The number of carbonyl (C=O) groups excluding carboxylic acids is 2. The normalized spacial score (nSPS) is 13.6. The Hall–Kier alpha value is -3.22. The molecule has 7 heteroatoms. The molecule has 3 aromatic rings. The molecule has 1 aliphatic rings. The highest BCUT2D eigenvalue weighted by atomic mass is 19.1. The van der Waals surface area contributed by atoms with E-state index in [4.69, 9.17) is 4.42 Å². The summed E-state index contributed by atoms with van der Waals surface area (Å²) >= 11 is 0. The van der Waals surface area contributed by atoms with Gasteiger partial charge in [-0.1, -0.05) is 12.1 Å². The first-order chi connectivity index (χ1) is 11.6. The van der Waals surface area contributed by atoms with Crippen molar-refractivity contribution >= 4 is 28.9 Å².